The standard InChI is InChI=1S/C27H28F2N2O3/c1-16(32)31-25(12-18-9-19(28)13-20(29)10-18)26(33)14-30-27-23-6-4-3-5-21(23)22-8-7-17(15-34-2)11-24(22)27/h3-11,13,25-27,30,33H,12,14-15H2,1-2H3,(H,31,32)/t25-,26+,27?/m0/s1. The summed E-state index contributed by atoms with van der Waals surface area (Å²) < 4.78 is 32.6. The molecule has 3 aromatic carbocycles. The maximum atomic E-state index is 13.7. The lowest BCUT2D eigenvalue weighted by molar-refractivity contribution is -0.120. The summed E-state index contributed by atoms with van der Waals surface area (Å²) in [6.07, 6.45) is -0.902. The minimum atomic E-state index is -0.992. The third kappa shape index (κ3) is 5.33. The summed E-state index contributed by atoms with van der Waals surface area (Å²) in [4.78, 5) is 11.8. The van der Waals surface area contributed by atoms with Crippen molar-refractivity contribution in [2.75, 3.05) is 13.7 Å². The second-order valence-corrected chi connectivity index (χ2v) is 8.64. The number of nitrogens with one attached hydrogen (secondary N) is 2. The van der Waals surface area contributed by atoms with E-state index in [2.05, 4.69) is 34.9 Å². The number of halogens is 2. The molecule has 7 heteroatoms. The summed E-state index contributed by atoms with van der Waals surface area (Å²) in [6.45, 7) is 2.00. The summed E-state index contributed by atoms with van der Waals surface area (Å²) in [5, 5.41) is 17.1. The van der Waals surface area contributed by atoms with Crippen molar-refractivity contribution < 1.29 is 23.4 Å². The monoisotopic (exact) mass is 466 g/mol. The molecule has 4 rings (SSSR count). The largest absolute Gasteiger partial charge is 0.390 e. The molecule has 5 nitrogen and oxygen atoms in total. The molecule has 178 valence electrons. The maximum Gasteiger partial charge on any atom is 0.217 e. The molecule has 0 fully saturated rings. The number of ether oxygens (including phenoxy) is 1. The molecule has 1 aliphatic carbocycles. The van der Waals surface area contributed by atoms with Gasteiger partial charge in [-0.2, -0.15) is 0 Å². The number of hydrogen-bond donors (Lipinski definition) is 3. The summed E-state index contributed by atoms with van der Waals surface area (Å²) >= 11 is 0. The van der Waals surface area contributed by atoms with Gasteiger partial charge in [-0.05, 0) is 51.9 Å². The second kappa shape index (κ2) is 10.4. The van der Waals surface area contributed by atoms with Crippen molar-refractivity contribution in [2.45, 2.75) is 38.1 Å². The van der Waals surface area contributed by atoms with Gasteiger partial charge in [0.05, 0.1) is 24.8 Å². The highest BCUT2D eigenvalue weighted by Crippen LogP contribution is 2.43. The number of rotatable bonds is 9. The average Bonchev–Trinajstić information content (AvgIpc) is 3.09. The fourth-order valence-corrected chi connectivity index (χ4v) is 4.64. The third-order valence-electron chi connectivity index (χ3n) is 6.06. The maximum absolute atomic E-state index is 13.7. The van der Waals surface area contributed by atoms with Gasteiger partial charge in [0, 0.05) is 26.6 Å². The fourth-order valence-electron chi connectivity index (χ4n) is 4.64. The van der Waals surface area contributed by atoms with E-state index in [-0.39, 0.29) is 24.9 Å². The van der Waals surface area contributed by atoms with Crippen LogP contribution in [0.15, 0.2) is 60.7 Å². The van der Waals surface area contributed by atoms with E-state index in [4.69, 9.17) is 4.74 Å². The molecule has 0 bridgehead atoms. The van der Waals surface area contributed by atoms with E-state index in [1.165, 1.54) is 19.1 Å². The summed E-state index contributed by atoms with van der Waals surface area (Å²) in [5.74, 6) is -1.73. The van der Waals surface area contributed by atoms with Gasteiger partial charge in [0.25, 0.3) is 0 Å². The number of fused-ring (bicyclic) bond motifs is 3. The van der Waals surface area contributed by atoms with E-state index < -0.39 is 23.8 Å². The first-order valence-corrected chi connectivity index (χ1v) is 11.2. The zero-order valence-corrected chi connectivity index (χ0v) is 19.1. The molecule has 0 aliphatic heterocycles. The zero-order chi connectivity index (χ0) is 24.2. The van der Waals surface area contributed by atoms with Gasteiger partial charge in [0.2, 0.25) is 5.91 Å². The molecule has 1 amide bonds. The Balaban J connectivity index is 1.54. The lowest BCUT2D eigenvalue weighted by atomic mass is 9.99. The lowest BCUT2D eigenvalue weighted by Crippen LogP contribution is -2.48. The molecule has 1 aliphatic rings. The van der Waals surface area contributed by atoms with Gasteiger partial charge < -0.3 is 20.5 Å². The molecule has 3 atom stereocenters. The average molecular weight is 467 g/mol. The van der Waals surface area contributed by atoms with Crippen LogP contribution in [0.1, 0.15) is 35.2 Å². The van der Waals surface area contributed by atoms with Gasteiger partial charge in [-0.1, -0.05) is 42.5 Å². The van der Waals surface area contributed by atoms with Gasteiger partial charge >= 0.3 is 0 Å². The van der Waals surface area contributed by atoms with Crippen molar-refractivity contribution in [3.63, 3.8) is 0 Å². The molecule has 3 N–H and O–H groups in total. The highest BCUT2D eigenvalue weighted by molar-refractivity contribution is 5.79. The molecule has 0 heterocycles. The van der Waals surface area contributed by atoms with Gasteiger partial charge in [0.15, 0.2) is 0 Å². The van der Waals surface area contributed by atoms with E-state index >= 15 is 0 Å². The summed E-state index contributed by atoms with van der Waals surface area (Å²) in [7, 11) is 1.65. The number of methoxy groups -OCH3 is 1. The normalized spacial score (nSPS) is 16.0. The number of carbonyl (C=O) groups excluding carboxylic acids is 1. The van der Waals surface area contributed by atoms with Crippen LogP contribution in [0, 0.1) is 11.6 Å². The van der Waals surface area contributed by atoms with Crippen LogP contribution in [-0.4, -0.2) is 36.8 Å². The molecule has 0 radical (unpaired) electrons. The lowest BCUT2D eigenvalue weighted by Gasteiger charge is -2.26. The van der Waals surface area contributed by atoms with E-state index in [0.29, 0.717) is 12.2 Å². The topological polar surface area (TPSA) is 70.6 Å². The van der Waals surface area contributed by atoms with Crippen molar-refractivity contribution in [1.29, 1.82) is 0 Å². The van der Waals surface area contributed by atoms with Crippen molar-refractivity contribution in [3.8, 4) is 11.1 Å². The van der Waals surface area contributed by atoms with E-state index in [1.54, 1.807) is 7.11 Å². The molecule has 3 aromatic rings. The Labute approximate surface area is 197 Å². The number of hydrogen-bond acceptors (Lipinski definition) is 4. The molecule has 0 saturated carbocycles. The Morgan fingerprint density at radius 2 is 1.71 bits per heavy atom. The Morgan fingerprint density at radius 1 is 1.00 bits per heavy atom. The van der Waals surface area contributed by atoms with Crippen LogP contribution >= 0.6 is 0 Å². The number of benzene rings is 3. The third-order valence-corrected chi connectivity index (χ3v) is 6.06. The first-order valence-electron chi connectivity index (χ1n) is 11.2. The smallest absolute Gasteiger partial charge is 0.217 e. The minimum Gasteiger partial charge on any atom is -0.390 e. The van der Waals surface area contributed by atoms with Crippen LogP contribution in [0.3, 0.4) is 0 Å². The highest BCUT2D eigenvalue weighted by Gasteiger charge is 2.30. The number of carbonyl (C=O) groups is 1. The fraction of sp³-hybridized carbons (Fsp3) is 0.296. The van der Waals surface area contributed by atoms with Crippen molar-refractivity contribution in [1.82, 2.24) is 10.6 Å². The van der Waals surface area contributed by atoms with Gasteiger partial charge in [-0.15, -0.1) is 0 Å². The Morgan fingerprint density at radius 3 is 2.41 bits per heavy atom. The van der Waals surface area contributed by atoms with E-state index in [1.807, 2.05) is 18.2 Å². The van der Waals surface area contributed by atoms with Crippen molar-refractivity contribution >= 4 is 5.91 Å². The second-order valence-electron chi connectivity index (χ2n) is 8.64. The molecular formula is C27H28F2N2O3. The van der Waals surface area contributed by atoms with Gasteiger partial charge in [-0.25, -0.2) is 8.78 Å². The van der Waals surface area contributed by atoms with Gasteiger partial charge in [-0.3, -0.25) is 4.79 Å². The van der Waals surface area contributed by atoms with E-state index in [0.717, 1.165) is 33.9 Å². The molecule has 34 heavy (non-hydrogen) atoms. The molecular weight excluding hydrogens is 438 g/mol. The minimum absolute atomic E-state index is 0.0902. The molecule has 0 spiro atoms. The summed E-state index contributed by atoms with van der Waals surface area (Å²) in [6, 6.07) is 16.7. The Bertz CT molecular complexity index is 1160. The number of aliphatic hydroxyl groups is 1. The number of amides is 1. The van der Waals surface area contributed by atoms with Crippen LogP contribution in [0.5, 0.6) is 0 Å². The van der Waals surface area contributed by atoms with E-state index in [9.17, 15) is 18.7 Å². The van der Waals surface area contributed by atoms with Gasteiger partial charge in [0.1, 0.15) is 11.6 Å². The predicted octanol–water partition coefficient (Wildman–Crippen LogP) is 3.88. The van der Waals surface area contributed by atoms with Crippen LogP contribution in [0.25, 0.3) is 11.1 Å². The predicted molar refractivity (Wildman–Crippen MR) is 126 cm³/mol. The molecule has 0 saturated heterocycles. The quantitative estimate of drug-likeness (QED) is 0.448. The zero-order valence-electron chi connectivity index (χ0n) is 19.1. The van der Waals surface area contributed by atoms with Crippen LogP contribution < -0.4 is 10.6 Å². The van der Waals surface area contributed by atoms with Crippen LogP contribution in [-0.2, 0) is 22.6 Å². The van der Waals surface area contributed by atoms with Crippen molar-refractivity contribution in [3.05, 3.63) is 94.6 Å². The molecule has 1 unspecified atom stereocenters. The van der Waals surface area contributed by atoms with Crippen LogP contribution in [0.4, 0.5) is 8.78 Å². The first kappa shape index (κ1) is 24.0. The Hall–Kier alpha value is -3.13. The molecule has 0 aromatic heterocycles. The highest BCUT2D eigenvalue weighted by atomic mass is 19.1. The summed E-state index contributed by atoms with van der Waals surface area (Å²) in [5.41, 5.74) is 5.84. The number of aliphatic hydroxyl groups excluding tert-OH is 1. The first-order chi connectivity index (χ1) is 16.4. The Kier molecular flexibility index (Phi) is 7.36. The van der Waals surface area contributed by atoms with Crippen LogP contribution in [0.2, 0.25) is 0 Å². The van der Waals surface area contributed by atoms with Crippen molar-refractivity contribution in [2.24, 2.45) is 0 Å². The SMILES string of the molecule is COCc1ccc2c(c1)C(NC[C@@H](O)[C@H](Cc1cc(F)cc(F)c1)NC(C)=O)c1ccccc1-2.